The van der Waals surface area contributed by atoms with Gasteiger partial charge in [-0.3, -0.25) is 14.7 Å². The molecule has 3 aromatic rings. The minimum Gasteiger partial charge on any atom is -0.455 e. The number of rotatable bonds is 14. The number of nitrogens with one attached hydrogen (secondary N) is 1. The van der Waals surface area contributed by atoms with Crippen molar-refractivity contribution in [1.29, 1.82) is 0 Å². The van der Waals surface area contributed by atoms with Gasteiger partial charge in [-0.05, 0) is 74.2 Å². The molecular weight excluding hydrogens is 775 g/mol. The number of nitrogens with zero attached hydrogens (tertiary/aromatic N) is 2. The molecule has 1 amide bonds. The summed E-state index contributed by atoms with van der Waals surface area (Å²) in [5.74, 6) is -0.828. The largest absolute Gasteiger partial charge is 0.455 e. The monoisotopic (exact) mass is 837 g/mol. The molecule has 15 heteroatoms. The average Bonchev–Trinajstić information content (AvgIpc) is 3.41. The van der Waals surface area contributed by atoms with Crippen molar-refractivity contribution in [3.63, 3.8) is 0 Å². The van der Waals surface area contributed by atoms with Crippen LogP contribution in [0.2, 0.25) is 36.3 Å². The molecule has 0 bridgehead atoms. The number of hydrogen-bond acceptors (Lipinski definition) is 10. The topological polar surface area (TPSA) is 146 Å². The Hall–Kier alpha value is -4.13. The maximum Gasteiger partial charge on any atom is 0.412 e. The predicted molar refractivity (Wildman–Crippen MR) is 228 cm³/mol. The third kappa shape index (κ3) is 12.2. The molecule has 1 aliphatic heterocycles. The van der Waals surface area contributed by atoms with Crippen LogP contribution in [0.15, 0.2) is 94.3 Å². The third-order valence-corrected chi connectivity index (χ3v) is 19.7. The van der Waals surface area contributed by atoms with Crippen LogP contribution >= 0.6 is 0 Å². The highest BCUT2D eigenvalue weighted by Gasteiger charge is 2.54. The molecule has 0 saturated carbocycles. The fourth-order valence-electron chi connectivity index (χ4n) is 5.52. The van der Waals surface area contributed by atoms with E-state index in [0.717, 1.165) is 15.7 Å². The van der Waals surface area contributed by atoms with Gasteiger partial charge in [0.15, 0.2) is 22.9 Å². The van der Waals surface area contributed by atoms with Gasteiger partial charge in [-0.1, -0.05) is 102 Å². The number of aromatic nitrogens is 2. The SMILES string of the molecule is CC(C)(C)OC(=O)/C(=C/[C@H]1O[C@@H](n2ccc(=O)n(COCc3ccccc3)c2=O)[C@H](O[Si](C)(C)C(C)(C)C)[C@@H]1O[Si](C)(C)C(C)(C)C)NC(=O)OCc1ccccc1. The molecule has 58 heavy (non-hydrogen) atoms. The molecule has 1 N–H and O–H groups in total. The molecule has 1 aliphatic rings. The molecule has 0 radical (unpaired) electrons. The van der Waals surface area contributed by atoms with E-state index < -0.39 is 70.1 Å². The summed E-state index contributed by atoms with van der Waals surface area (Å²) in [6, 6.07) is 19.9. The van der Waals surface area contributed by atoms with E-state index in [1.807, 2.05) is 60.7 Å². The number of alkyl carbamates (subject to hydrolysis) is 1. The van der Waals surface area contributed by atoms with E-state index >= 15 is 0 Å². The Morgan fingerprint density at radius 3 is 1.79 bits per heavy atom. The molecule has 1 aromatic heterocycles. The second kappa shape index (κ2) is 18.4. The molecule has 0 unspecified atom stereocenters. The highest BCUT2D eigenvalue weighted by molar-refractivity contribution is 6.74. The summed E-state index contributed by atoms with van der Waals surface area (Å²) < 4.78 is 40.5. The van der Waals surface area contributed by atoms with Gasteiger partial charge in [0.1, 0.15) is 42.9 Å². The Labute approximate surface area is 344 Å². The van der Waals surface area contributed by atoms with Crippen molar-refractivity contribution in [2.45, 2.75) is 149 Å². The Morgan fingerprint density at radius 2 is 1.28 bits per heavy atom. The molecule has 318 valence electrons. The fraction of sp³-hybridized carbons (Fsp3) is 0.535. The lowest BCUT2D eigenvalue weighted by molar-refractivity contribution is -0.150. The number of amides is 1. The van der Waals surface area contributed by atoms with Crippen LogP contribution in [0, 0.1) is 0 Å². The van der Waals surface area contributed by atoms with Crippen molar-refractivity contribution in [2.75, 3.05) is 0 Å². The van der Waals surface area contributed by atoms with E-state index in [1.165, 1.54) is 22.9 Å². The summed E-state index contributed by atoms with van der Waals surface area (Å²) in [7, 11) is -5.31. The standard InChI is InChI=1S/C43H63N3O10Si2/c1-41(2,3)54-38(48)32(44-39(49)52-28-31-22-18-15-19-23-31)26-33-35(55-57(10,11)42(4,5)6)36(56-58(12,13)43(7,8)9)37(53-33)45-25-24-34(47)46(40(45)50)29-51-27-30-20-16-14-17-21-30/h14-26,33,35-37H,27-29H2,1-13H3,(H,44,49)/b32-26-/t33-,35-,36-,37-/m1/s1. The van der Waals surface area contributed by atoms with E-state index in [0.29, 0.717) is 0 Å². The first-order chi connectivity index (χ1) is 26.8. The normalized spacial score (nSPS) is 19.5. The second-order valence-corrected chi connectivity index (χ2v) is 28.2. The smallest absolute Gasteiger partial charge is 0.412 e. The van der Waals surface area contributed by atoms with Crippen molar-refractivity contribution >= 4 is 28.7 Å². The number of hydrogen-bond donors (Lipinski definition) is 1. The first kappa shape index (κ1) is 46.6. The number of carbonyl (C=O) groups is 2. The molecule has 0 aliphatic carbocycles. The molecule has 0 spiro atoms. The van der Waals surface area contributed by atoms with Crippen molar-refractivity contribution in [3.05, 3.63) is 117 Å². The van der Waals surface area contributed by atoms with Crippen molar-refractivity contribution in [2.24, 2.45) is 0 Å². The zero-order chi connectivity index (χ0) is 43.3. The van der Waals surface area contributed by atoms with Gasteiger partial charge >= 0.3 is 17.8 Å². The van der Waals surface area contributed by atoms with Gasteiger partial charge in [0, 0.05) is 12.3 Å². The van der Waals surface area contributed by atoms with Crippen LogP contribution in [-0.2, 0) is 52.5 Å². The van der Waals surface area contributed by atoms with Gasteiger partial charge in [0.2, 0.25) is 0 Å². The van der Waals surface area contributed by atoms with E-state index in [9.17, 15) is 19.2 Å². The molecular formula is C43H63N3O10Si2. The third-order valence-electron chi connectivity index (χ3n) is 10.8. The fourth-order valence-corrected chi connectivity index (χ4v) is 8.10. The van der Waals surface area contributed by atoms with Gasteiger partial charge in [0.05, 0.1) is 6.61 Å². The van der Waals surface area contributed by atoms with Crippen LogP contribution in [0.5, 0.6) is 0 Å². The predicted octanol–water partition coefficient (Wildman–Crippen LogP) is 8.01. The maximum absolute atomic E-state index is 14.3. The minimum atomic E-state index is -2.66. The van der Waals surface area contributed by atoms with Crippen LogP contribution in [0.3, 0.4) is 0 Å². The Bertz CT molecular complexity index is 2010. The molecule has 13 nitrogen and oxygen atoms in total. The lowest BCUT2D eigenvalue weighted by atomic mass is 10.1. The Morgan fingerprint density at radius 1 is 0.759 bits per heavy atom. The highest BCUT2D eigenvalue weighted by atomic mass is 28.4. The quantitative estimate of drug-likeness (QED) is 0.0963. The summed E-state index contributed by atoms with van der Waals surface area (Å²) >= 11 is 0. The van der Waals surface area contributed by atoms with E-state index in [4.69, 9.17) is 27.8 Å². The number of ether oxygens (including phenoxy) is 4. The zero-order valence-electron chi connectivity index (χ0n) is 36.4. The van der Waals surface area contributed by atoms with Gasteiger partial charge in [-0.15, -0.1) is 0 Å². The van der Waals surface area contributed by atoms with E-state index in [1.54, 1.807) is 20.8 Å². The lowest BCUT2D eigenvalue weighted by Gasteiger charge is -2.44. The number of esters is 1. The van der Waals surface area contributed by atoms with Crippen molar-refractivity contribution < 1.29 is 37.4 Å². The summed E-state index contributed by atoms with van der Waals surface area (Å²) in [5, 5.41) is 2.06. The second-order valence-electron chi connectivity index (χ2n) is 18.7. The lowest BCUT2D eigenvalue weighted by Crippen LogP contribution is -2.54. The summed E-state index contributed by atoms with van der Waals surface area (Å²) in [6.45, 7) is 26.0. The highest BCUT2D eigenvalue weighted by Crippen LogP contribution is 2.46. The van der Waals surface area contributed by atoms with Crippen LogP contribution < -0.4 is 16.6 Å². The van der Waals surface area contributed by atoms with Crippen LogP contribution in [0.25, 0.3) is 0 Å². The number of benzene rings is 2. The Kier molecular flexibility index (Phi) is 14.8. The summed E-state index contributed by atoms with van der Waals surface area (Å²) in [4.78, 5) is 54.7. The molecule has 1 saturated heterocycles. The van der Waals surface area contributed by atoms with Crippen molar-refractivity contribution in [1.82, 2.24) is 14.5 Å². The first-order valence-corrected chi connectivity index (χ1v) is 25.5. The van der Waals surface area contributed by atoms with E-state index in [-0.39, 0.29) is 35.7 Å². The first-order valence-electron chi connectivity index (χ1n) is 19.7. The van der Waals surface area contributed by atoms with E-state index in [2.05, 4.69) is 73.0 Å². The van der Waals surface area contributed by atoms with Crippen LogP contribution in [-0.4, -0.2) is 61.7 Å². The molecule has 4 rings (SSSR count). The zero-order valence-corrected chi connectivity index (χ0v) is 38.4. The van der Waals surface area contributed by atoms with Crippen molar-refractivity contribution in [3.8, 4) is 0 Å². The van der Waals surface area contributed by atoms with Gasteiger partial charge in [-0.25, -0.2) is 19.0 Å². The molecule has 4 atom stereocenters. The van der Waals surface area contributed by atoms with Crippen LogP contribution in [0.1, 0.15) is 79.7 Å². The Balaban J connectivity index is 1.86. The van der Waals surface area contributed by atoms with Crippen LogP contribution in [0.4, 0.5) is 4.79 Å². The summed E-state index contributed by atoms with van der Waals surface area (Å²) in [6.07, 6.45) is -2.05. The molecule has 2 aromatic carbocycles. The summed E-state index contributed by atoms with van der Waals surface area (Å²) in [5.41, 5.74) is -0.745. The van der Waals surface area contributed by atoms with Gasteiger partial charge < -0.3 is 27.8 Å². The average molecular weight is 838 g/mol. The number of carbonyl (C=O) groups excluding carboxylic acids is 2. The van der Waals surface area contributed by atoms with Gasteiger partial charge in [0.25, 0.3) is 5.56 Å². The molecule has 2 heterocycles. The van der Waals surface area contributed by atoms with Gasteiger partial charge in [-0.2, -0.15) is 0 Å². The maximum atomic E-state index is 14.3. The molecule has 1 fully saturated rings. The minimum absolute atomic E-state index is 0.0382.